The van der Waals surface area contributed by atoms with Gasteiger partial charge in [-0.3, -0.25) is 9.89 Å². The third-order valence-electron chi connectivity index (χ3n) is 4.71. The Labute approximate surface area is 153 Å². The average molecular weight is 376 g/mol. The van der Waals surface area contributed by atoms with Crippen molar-refractivity contribution in [3.05, 3.63) is 46.8 Å². The number of amides is 1. The van der Waals surface area contributed by atoms with Gasteiger partial charge in [0.05, 0.1) is 11.4 Å². The first kappa shape index (κ1) is 18.6. The molecule has 1 amide bonds. The Bertz CT molecular complexity index is 897. The van der Waals surface area contributed by atoms with Crippen molar-refractivity contribution >= 4 is 15.9 Å². The molecule has 2 N–H and O–H groups in total. The summed E-state index contributed by atoms with van der Waals surface area (Å²) in [6.45, 7) is 7.99. The summed E-state index contributed by atoms with van der Waals surface area (Å²) in [6.07, 6.45) is 0. The van der Waals surface area contributed by atoms with Gasteiger partial charge < -0.3 is 5.32 Å². The molecule has 1 aromatic carbocycles. The van der Waals surface area contributed by atoms with Crippen molar-refractivity contribution in [2.75, 3.05) is 13.1 Å². The summed E-state index contributed by atoms with van der Waals surface area (Å²) < 4.78 is 27.8. The molecule has 1 aromatic heterocycles. The number of sulfonamides is 1. The number of hydrogen-bond donors (Lipinski definition) is 2. The predicted molar refractivity (Wildman–Crippen MR) is 98.2 cm³/mol. The van der Waals surface area contributed by atoms with Gasteiger partial charge in [-0.05, 0) is 30.9 Å². The Balaban J connectivity index is 2.05. The van der Waals surface area contributed by atoms with Crippen LogP contribution in [0.3, 0.4) is 0 Å². The molecule has 1 aliphatic heterocycles. The molecule has 1 fully saturated rings. The van der Waals surface area contributed by atoms with Gasteiger partial charge >= 0.3 is 0 Å². The highest BCUT2D eigenvalue weighted by Gasteiger charge is 2.41. The van der Waals surface area contributed by atoms with Gasteiger partial charge in [0.25, 0.3) is 0 Å². The zero-order valence-electron chi connectivity index (χ0n) is 15.4. The molecule has 140 valence electrons. The summed E-state index contributed by atoms with van der Waals surface area (Å²) >= 11 is 0. The molecule has 2 heterocycles. The van der Waals surface area contributed by atoms with Gasteiger partial charge in [0.2, 0.25) is 15.9 Å². The first-order valence-corrected chi connectivity index (χ1v) is 10.1. The van der Waals surface area contributed by atoms with E-state index in [1.54, 1.807) is 13.8 Å². The minimum atomic E-state index is -3.86. The van der Waals surface area contributed by atoms with E-state index in [-0.39, 0.29) is 23.9 Å². The number of carbonyl (C=O) groups is 1. The lowest BCUT2D eigenvalue weighted by Crippen LogP contribution is -2.52. The number of carbonyl (C=O) groups excluding carboxylic acids is 1. The van der Waals surface area contributed by atoms with Crippen molar-refractivity contribution in [3.8, 4) is 0 Å². The molecule has 1 aliphatic rings. The summed E-state index contributed by atoms with van der Waals surface area (Å²) in [4.78, 5) is 12.7. The van der Waals surface area contributed by atoms with E-state index in [4.69, 9.17) is 0 Å². The molecule has 3 rings (SSSR count). The fourth-order valence-electron chi connectivity index (χ4n) is 3.32. The van der Waals surface area contributed by atoms with Crippen molar-refractivity contribution in [2.45, 2.75) is 44.6 Å². The van der Waals surface area contributed by atoms with Gasteiger partial charge in [0.15, 0.2) is 0 Å². The number of hydrogen-bond acceptors (Lipinski definition) is 4. The summed E-state index contributed by atoms with van der Waals surface area (Å²) in [6, 6.07) is 6.68. The number of aromatic nitrogens is 2. The summed E-state index contributed by atoms with van der Waals surface area (Å²) in [5.41, 5.74) is 2.68. The second-order valence-electron chi connectivity index (χ2n) is 6.89. The van der Waals surface area contributed by atoms with Gasteiger partial charge in [-0.2, -0.15) is 9.40 Å². The molecule has 0 bridgehead atoms. The second-order valence-corrected chi connectivity index (χ2v) is 8.72. The van der Waals surface area contributed by atoms with E-state index < -0.39 is 16.1 Å². The van der Waals surface area contributed by atoms with Crippen LogP contribution in [0.15, 0.2) is 29.2 Å². The molecule has 1 saturated heterocycles. The predicted octanol–water partition coefficient (Wildman–Crippen LogP) is 2.01. The Morgan fingerprint density at radius 1 is 1.19 bits per heavy atom. The minimum absolute atomic E-state index is 0.149. The fraction of sp³-hybridized carbons (Fsp3) is 0.444. The van der Waals surface area contributed by atoms with Crippen LogP contribution in [0.4, 0.5) is 0 Å². The summed E-state index contributed by atoms with van der Waals surface area (Å²) in [5, 5.41) is 9.48. The molecule has 0 radical (unpaired) electrons. The Kier molecular flexibility index (Phi) is 4.90. The standard InChI is InChI=1S/C18H24N4O3S/c1-11(2)14-5-7-15(8-6-14)16-18(23)19-9-10-22(16)26(24,25)17-12(3)20-21-13(17)4/h5-8,11,16H,9-10H2,1-4H3,(H,19,23)(H,20,21). The molecular formula is C18H24N4O3S. The summed E-state index contributed by atoms with van der Waals surface area (Å²) in [7, 11) is -3.86. The lowest BCUT2D eigenvalue weighted by atomic mass is 9.98. The van der Waals surface area contributed by atoms with Crippen molar-refractivity contribution in [2.24, 2.45) is 0 Å². The highest BCUT2D eigenvalue weighted by molar-refractivity contribution is 7.89. The topological polar surface area (TPSA) is 95.2 Å². The molecular weight excluding hydrogens is 352 g/mol. The lowest BCUT2D eigenvalue weighted by Gasteiger charge is -2.34. The smallest absolute Gasteiger partial charge is 0.247 e. The monoisotopic (exact) mass is 376 g/mol. The molecule has 7 nitrogen and oxygen atoms in total. The van der Waals surface area contributed by atoms with E-state index >= 15 is 0 Å². The van der Waals surface area contributed by atoms with Crippen LogP contribution >= 0.6 is 0 Å². The zero-order valence-corrected chi connectivity index (χ0v) is 16.2. The number of aryl methyl sites for hydroxylation is 2. The van der Waals surface area contributed by atoms with E-state index in [1.165, 1.54) is 4.31 Å². The maximum atomic E-state index is 13.3. The molecule has 0 spiro atoms. The normalized spacial score (nSPS) is 19.0. The average Bonchev–Trinajstić information content (AvgIpc) is 2.94. The Morgan fingerprint density at radius 2 is 1.85 bits per heavy atom. The quantitative estimate of drug-likeness (QED) is 0.853. The third kappa shape index (κ3) is 3.14. The number of H-pyrrole nitrogens is 1. The zero-order chi connectivity index (χ0) is 19.1. The second kappa shape index (κ2) is 6.85. The van der Waals surface area contributed by atoms with E-state index in [0.29, 0.717) is 22.9 Å². The van der Waals surface area contributed by atoms with Crippen LogP contribution in [-0.4, -0.2) is 41.9 Å². The summed E-state index contributed by atoms with van der Waals surface area (Å²) in [5.74, 6) is 0.0521. The number of aromatic amines is 1. The molecule has 1 atom stereocenters. The van der Waals surface area contributed by atoms with Crippen molar-refractivity contribution in [1.82, 2.24) is 19.8 Å². The number of benzene rings is 1. The highest BCUT2D eigenvalue weighted by Crippen LogP contribution is 2.32. The van der Waals surface area contributed by atoms with Crippen molar-refractivity contribution < 1.29 is 13.2 Å². The number of nitrogens with one attached hydrogen (secondary N) is 2. The first-order valence-electron chi connectivity index (χ1n) is 8.64. The van der Waals surface area contributed by atoms with Gasteiger partial charge in [-0.1, -0.05) is 38.1 Å². The van der Waals surface area contributed by atoms with Gasteiger partial charge in [0.1, 0.15) is 10.9 Å². The largest absolute Gasteiger partial charge is 0.353 e. The first-order chi connectivity index (χ1) is 12.2. The lowest BCUT2D eigenvalue weighted by molar-refractivity contribution is -0.126. The molecule has 0 aliphatic carbocycles. The van der Waals surface area contributed by atoms with Crippen molar-refractivity contribution in [3.63, 3.8) is 0 Å². The number of rotatable bonds is 4. The molecule has 8 heteroatoms. The van der Waals surface area contributed by atoms with Gasteiger partial charge in [-0.15, -0.1) is 0 Å². The molecule has 26 heavy (non-hydrogen) atoms. The highest BCUT2D eigenvalue weighted by atomic mass is 32.2. The van der Waals surface area contributed by atoms with Crippen LogP contribution in [0.5, 0.6) is 0 Å². The maximum Gasteiger partial charge on any atom is 0.247 e. The van der Waals surface area contributed by atoms with Crippen LogP contribution in [0.1, 0.15) is 48.3 Å². The maximum absolute atomic E-state index is 13.3. The third-order valence-corrected chi connectivity index (χ3v) is 6.84. The molecule has 0 saturated carbocycles. The van der Waals surface area contributed by atoms with E-state index in [9.17, 15) is 13.2 Å². The van der Waals surface area contributed by atoms with E-state index in [2.05, 4.69) is 29.4 Å². The minimum Gasteiger partial charge on any atom is -0.353 e. The Hall–Kier alpha value is -2.19. The number of nitrogens with zero attached hydrogens (tertiary/aromatic N) is 2. The van der Waals surface area contributed by atoms with Crippen LogP contribution < -0.4 is 5.32 Å². The number of piperazine rings is 1. The van der Waals surface area contributed by atoms with Crippen LogP contribution in [0.2, 0.25) is 0 Å². The SMILES string of the molecule is Cc1n[nH]c(C)c1S(=O)(=O)N1CCNC(=O)C1c1ccc(C(C)C)cc1. The fourth-order valence-corrected chi connectivity index (χ4v) is 5.24. The van der Waals surface area contributed by atoms with Gasteiger partial charge in [0, 0.05) is 13.1 Å². The van der Waals surface area contributed by atoms with E-state index in [0.717, 1.165) is 5.56 Å². The molecule has 2 aromatic rings. The Morgan fingerprint density at radius 3 is 2.38 bits per heavy atom. The van der Waals surface area contributed by atoms with Crippen LogP contribution in [-0.2, 0) is 14.8 Å². The van der Waals surface area contributed by atoms with Crippen LogP contribution in [0.25, 0.3) is 0 Å². The van der Waals surface area contributed by atoms with Crippen molar-refractivity contribution in [1.29, 1.82) is 0 Å². The van der Waals surface area contributed by atoms with E-state index in [1.807, 2.05) is 24.3 Å². The van der Waals surface area contributed by atoms with Crippen LogP contribution in [0, 0.1) is 13.8 Å². The van der Waals surface area contributed by atoms with Gasteiger partial charge in [-0.25, -0.2) is 8.42 Å². The molecule has 1 unspecified atom stereocenters.